The Bertz CT molecular complexity index is 749. The number of rotatable bonds is 5. The Hall–Kier alpha value is -2.15. The van der Waals surface area contributed by atoms with Crippen LogP contribution >= 0.6 is 15.9 Å². The molecule has 0 radical (unpaired) electrons. The Balaban J connectivity index is 2.45. The van der Waals surface area contributed by atoms with Gasteiger partial charge in [-0.05, 0) is 53.4 Å². The van der Waals surface area contributed by atoms with E-state index in [2.05, 4.69) is 57.2 Å². The van der Waals surface area contributed by atoms with Gasteiger partial charge in [0.2, 0.25) is 5.95 Å². The molecule has 2 rings (SSSR count). The third kappa shape index (κ3) is 4.23. The molecule has 0 bridgehead atoms. The summed E-state index contributed by atoms with van der Waals surface area (Å²) < 4.78 is 0.952. The summed E-state index contributed by atoms with van der Waals surface area (Å²) in [7, 11) is 0. The molecule has 0 aliphatic carbocycles. The lowest BCUT2D eigenvalue weighted by Crippen LogP contribution is -2.21. The van der Waals surface area contributed by atoms with Crippen molar-refractivity contribution in [3.8, 4) is 0 Å². The Morgan fingerprint density at radius 2 is 2.04 bits per heavy atom. The van der Waals surface area contributed by atoms with E-state index in [1.54, 1.807) is 6.07 Å². The first-order valence-electron chi connectivity index (χ1n) is 7.74. The standard InChI is InChI=1S/C17H21BrN4O2/c1-5-22(14-7-6-12(10(2)3)9-13(14)18)16-19-11(4)8-15(20-16)21-17(23)24/h6-10H,5H2,1-4H3,(H,23,24)(H,19,20,21). The van der Waals surface area contributed by atoms with E-state index in [1.807, 2.05) is 24.8 Å². The lowest BCUT2D eigenvalue weighted by Gasteiger charge is -2.23. The van der Waals surface area contributed by atoms with E-state index in [9.17, 15) is 4.79 Å². The fourth-order valence-electron chi connectivity index (χ4n) is 2.37. The number of anilines is 3. The Labute approximate surface area is 150 Å². The fourth-order valence-corrected chi connectivity index (χ4v) is 2.98. The molecule has 128 valence electrons. The van der Waals surface area contributed by atoms with Crippen LogP contribution in [-0.4, -0.2) is 27.7 Å². The Morgan fingerprint density at radius 3 is 2.58 bits per heavy atom. The highest BCUT2D eigenvalue weighted by Crippen LogP contribution is 2.33. The molecule has 1 aromatic heterocycles. The van der Waals surface area contributed by atoms with Gasteiger partial charge < -0.3 is 10.0 Å². The molecule has 0 aliphatic rings. The molecule has 2 aromatic rings. The number of nitrogens with zero attached hydrogens (tertiary/aromatic N) is 3. The number of hydrogen-bond acceptors (Lipinski definition) is 4. The zero-order valence-electron chi connectivity index (χ0n) is 14.2. The van der Waals surface area contributed by atoms with Crippen molar-refractivity contribution >= 4 is 39.5 Å². The van der Waals surface area contributed by atoms with Gasteiger partial charge in [-0.15, -0.1) is 0 Å². The minimum Gasteiger partial charge on any atom is -0.465 e. The smallest absolute Gasteiger partial charge is 0.410 e. The predicted octanol–water partition coefficient (Wildman–Crippen LogP) is 4.92. The highest BCUT2D eigenvalue weighted by Gasteiger charge is 2.16. The van der Waals surface area contributed by atoms with Gasteiger partial charge >= 0.3 is 6.09 Å². The summed E-state index contributed by atoms with van der Waals surface area (Å²) in [5.74, 6) is 1.16. The van der Waals surface area contributed by atoms with Gasteiger partial charge in [-0.3, -0.25) is 5.32 Å². The molecule has 1 amide bonds. The highest BCUT2D eigenvalue weighted by atomic mass is 79.9. The molecule has 0 saturated heterocycles. The highest BCUT2D eigenvalue weighted by molar-refractivity contribution is 9.10. The van der Waals surface area contributed by atoms with E-state index in [0.29, 0.717) is 24.1 Å². The zero-order chi connectivity index (χ0) is 17.9. The van der Waals surface area contributed by atoms with Gasteiger partial charge in [-0.25, -0.2) is 9.78 Å². The van der Waals surface area contributed by atoms with Gasteiger partial charge in [0.05, 0.1) is 5.69 Å². The summed E-state index contributed by atoms with van der Waals surface area (Å²) in [6, 6.07) is 7.80. The number of carbonyl (C=O) groups is 1. The fraction of sp³-hybridized carbons (Fsp3) is 0.353. The number of nitrogens with one attached hydrogen (secondary N) is 1. The van der Waals surface area contributed by atoms with Crippen LogP contribution in [0.4, 0.5) is 22.2 Å². The van der Waals surface area contributed by atoms with Crippen molar-refractivity contribution in [1.82, 2.24) is 9.97 Å². The van der Waals surface area contributed by atoms with Crippen LogP contribution in [0.2, 0.25) is 0 Å². The lowest BCUT2D eigenvalue weighted by molar-refractivity contribution is 0.209. The van der Waals surface area contributed by atoms with Crippen molar-refractivity contribution < 1.29 is 9.90 Å². The molecule has 0 unspecified atom stereocenters. The topological polar surface area (TPSA) is 78.4 Å². The minimum atomic E-state index is -1.15. The van der Waals surface area contributed by atoms with Gasteiger partial charge in [0.1, 0.15) is 5.82 Å². The first-order valence-corrected chi connectivity index (χ1v) is 8.53. The number of halogens is 1. The molecule has 0 atom stereocenters. The van der Waals surface area contributed by atoms with E-state index in [1.165, 1.54) is 5.56 Å². The number of carboxylic acid groups (broad SMARTS) is 1. The summed E-state index contributed by atoms with van der Waals surface area (Å²) >= 11 is 3.62. The number of benzene rings is 1. The first-order chi connectivity index (χ1) is 11.3. The molecule has 1 heterocycles. The molecule has 2 N–H and O–H groups in total. The van der Waals surface area contributed by atoms with E-state index in [0.717, 1.165) is 10.2 Å². The van der Waals surface area contributed by atoms with Crippen LogP contribution in [0.5, 0.6) is 0 Å². The van der Waals surface area contributed by atoms with Crippen molar-refractivity contribution in [1.29, 1.82) is 0 Å². The Morgan fingerprint density at radius 1 is 1.33 bits per heavy atom. The maximum absolute atomic E-state index is 10.9. The minimum absolute atomic E-state index is 0.262. The van der Waals surface area contributed by atoms with Crippen LogP contribution < -0.4 is 10.2 Å². The number of aryl methyl sites for hydroxylation is 1. The second-order valence-electron chi connectivity index (χ2n) is 5.73. The molecule has 0 spiro atoms. The molecular formula is C17H21BrN4O2. The van der Waals surface area contributed by atoms with Gasteiger partial charge in [0, 0.05) is 22.8 Å². The van der Waals surface area contributed by atoms with Crippen LogP contribution in [0.25, 0.3) is 0 Å². The van der Waals surface area contributed by atoms with Crippen molar-refractivity contribution in [2.75, 3.05) is 16.8 Å². The maximum Gasteiger partial charge on any atom is 0.410 e. The van der Waals surface area contributed by atoms with Crippen molar-refractivity contribution in [3.63, 3.8) is 0 Å². The summed E-state index contributed by atoms with van der Waals surface area (Å²) in [5.41, 5.74) is 2.87. The Kier molecular flexibility index (Phi) is 5.77. The summed E-state index contributed by atoms with van der Waals surface area (Å²) in [5, 5.41) is 11.2. The van der Waals surface area contributed by atoms with Crippen LogP contribution in [0, 0.1) is 6.92 Å². The predicted molar refractivity (Wildman–Crippen MR) is 99.3 cm³/mol. The average molecular weight is 393 g/mol. The second-order valence-corrected chi connectivity index (χ2v) is 6.59. The first kappa shape index (κ1) is 18.2. The van der Waals surface area contributed by atoms with Gasteiger partial charge in [-0.2, -0.15) is 4.98 Å². The monoisotopic (exact) mass is 392 g/mol. The van der Waals surface area contributed by atoms with E-state index >= 15 is 0 Å². The molecule has 6 nitrogen and oxygen atoms in total. The van der Waals surface area contributed by atoms with E-state index < -0.39 is 6.09 Å². The third-order valence-corrected chi connectivity index (χ3v) is 4.20. The molecule has 0 fully saturated rings. The largest absolute Gasteiger partial charge is 0.465 e. The quantitative estimate of drug-likeness (QED) is 0.754. The summed E-state index contributed by atoms with van der Waals surface area (Å²) in [4.78, 5) is 21.6. The zero-order valence-corrected chi connectivity index (χ0v) is 15.8. The lowest BCUT2D eigenvalue weighted by atomic mass is 10.0. The molecular weight excluding hydrogens is 372 g/mol. The molecule has 0 aliphatic heterocycles. The molecule has 1 aromatic carbocycles. The van der Waals surface area contributed by atoms with Crippen molar-refractivity contribution in [3.05, 3.63) is 40.0 Å². The molecule has 0 saturated carbocycles. The van der Waals surface area contributed by atoms with E-state index in [4.69, 9.17) is 5.11 Å². The summed E-state index contributed by atoms with van der Waals surface area (Å²) in [6.45, 7) is 8.75. The third-order valence-electron chi connectivity index (χ3n) is 3.56. The maximum atomic E-state index is 10.9. The SMILES string of the molecule is CCN(c1nc(C)cc(NC(=O)O)n1)c1ccc(C(C)C)cc1Br. The van der Waals surface area contributed by atoms with Crippen molar-refractivity contribution in [2.24, 2.45) is 0 Å². The van der Waals surface area contributed by atoms with Crippen molar-refractivity contribution in [2.45, 2.75) is 33.6 Å². The normalized spacial score (nSPS) is 10.8. The van der Waals surface area contributed by atoms with Crippen LogP contribution in [0.3, 0.4) is 0 Å². The second kappa shape index (κ2) is 7.61. The molecule has 7 heteroatoms. The van der Waals surface area contributed by atoms with Crippen LogP contribution in [0.15, 0.2) is 28.7 Å². The van der Waals surface area contributed by atoms with E-state index in [-0.39, 0.29) is 5.82 Å². The number of hydrogen-bond donors (Lipinski definition) is 2. The van der Waals surface area contributed by atoms with Crippen LogP contribution in [-0.2, 0) is 0 Å². The van der Waals surface area contributed by atoms with Crippen LogP contribution in [0.1, 0.15) is 37.9 Å². The molecule has 24 heavy (non-hydrogen) atoms. The van der Waals surface area contributed by atoms with Gasteiger partial charge in [-0.1, -0.05) is 19.9 Å². The average Bonchev–Trinajstić information content (AvgIpc) is 2.48. The summed E-state index contributed by atoms with van der Waals surface area (Å²) in [6.07, 6.45) is -1.15. The van der Waals surface area contributed by atoms with Gasteiger partial charge in [0.25, 0.3) is 0 Å². The van der Waals surface area contributed by atoms with Gasteiger partial charge in [0.15, 0.2) is 0 Å². The number of amides is 1. The number of aromatic nitrogens is 2.